The lowest BCUT2D eigenvalue weighted by Gasteiger charge is -2.04. The minimum absolute atomic E-state index is 0.535. The highest BCUT2D eigenvalue weighted by Gasteiger charge is 2.15. The fraction of sp³-hybridized carbons (Fsp3) is 0.133. The summed E-state index contributed by atoms with van der Waals surface area (Å²) >= 11 is 6.90. The quantitative estimate of drug-likeness (QED) is 0.574. The summed E-state index contributed by atoms with van der Waals surface area (Å²) in [6.07, 6.45) is 0. The van der Waals surface area contributed by atoms with Crippen LogP contribution in [0.3, 0.4) is 0 Å². The van der Waals surface area contributed by atoms with E-state index in [1.807, 2.05) is 32.0 Å². The lowest BCUT2D eigenvalue weighted by atomic mass is 10.1. The highest BCUT2D eigenvalue weighted by molar-refractivity contribution is 9.11. The Balaban J connectivity index is 2.28. The van der Waals surface area contributed by atoms with Gasteiger partial charge in [-0.1, -0.05) is 22.0 Å². The molecule has 0 spiro atoms. The van der Waals surface area contributed by atoms with Gasteiger partial charge in [0, 0.05) is 8.95 Å². The first kappa shape index (κ1) is 13.6. The molecule has 0 radical (unpaired) electrons. The average molecular weight is 396 g/mol. The first-order valence-corrected chi connectivity index (χ1v) is 7.67. The summed E-state index contributed by atoms with van der Waals surface area (Å²) in [5, 5.41) is 0. The van der Waals surface area contributed by atoms with Crippen LogP contribution < -0.4 is 5.73 Å². The number of nitrogens with two attached hydrogens (primary N) is 1. The van der Waals surface area contributed by atoms with E-state index in [0.29, 0.717) is 11.6 Å². The number of hydrogen-bond acceptors (Lipinski definition) is 3. The van der Waals surface area contributed by atoms with Gasteiger partial charge >= 0.3 is 0 Å². The van der Waals surface area contributed by atoms with E-state index in [1.54, 1.807) is 0 Å². The molecule has 3 rings (SSSR count). The molecule has 5 heteroatoms. The van der Waals surface area contributed by atoms with Gasteiger partial charge in [-0.05, 0) is 59.1 Å². The molecule has 0 bridgehead atoms. The molecule has 0 fully saturated rings. The van der Waals surface area contributed by atoms with Crippen molar-refractivity contribution in [2.45, 2.75) is 13.8 Å². The van der Waals surface area contributed by atoms with Gasteiger partial charge in [0.1, 0.15) is 5.52 Å². The minimum atomic E-state index is 0.535. The van der Waals surface area contributed by atoms with Crippen LogP contribution in [0, 0.1) is 13.8 Å². The third-order valence-corrected chi connectivity index (χ3v) is 4.26. The van der Waals surface area contributed by atoms with Crippen molar-refractivity contribution < 1.29 is 4.42 Å². The van der Waals surface area contributed by atoms with Crippen molar-refractivity contribution in [3.8, 4) is 11.5 Å². The summed E-state index contributed by atoms with van der Waals surface area (Å²) in [7, 11) is 0. The SMILES string of the molecule is Cc1cc(C)c2oc(-c3cc(Br)cc(Br)c3N)nc2c1. The predicted molar refractivity (Wildman–Crippen MR) is 88.7 cm³/mol. The van der Waals surface area contributed by atoms with Crippen LogP contribution in [-0.4, -0.2) is 4.98 Å². The van der Waals surface area contributed by atoms with Crippen LogP contribution in [0.1, 0.15) is 11.1 Å². The highest BCUT2D eigenvalue weighted by Crippen LogP contribution is 2.36. The van der Waals surface area contributed by atoms with Gasteiger partial charge in [0.25, 0.3) is 0 Å². The molecule has 2 aromatic carbocycles. The normalized spacial score (nSPS) is 11.2. The Morgan fingerprint density at radius 1 is 1.10 bits per heavy atom. The van der Waals surface area contributed by atoms with Crippen molar-refractivity contribution in [3.63, 3.8) is 0 Å². The highest BCUT2D eigenvalue weighted by atomic mass is 79.9. The Hall–Kier alpha value is -1.33. The number of halogens is 2. The number of benzene rings is 2. The van der Waals surface area contributed by atoms with Crippen LogP contribution in [0.2, 0.25) is 0 Å². The number of aryl methyl sites for hydroxylation is 2. The van der Waals surface area contributed by atoms with Crippen molar-refractivity contribution in [1.29, 1.82) is 0 Å². The first-order chi connectivity index (χ1) is 9.45. The molecule has 0 unspecified atom stereocenters. The number of aromatic nitrogens is 1. The maximum absolute atomic E-state index is 6.11. The van der Waals surface area contributed by atoms with Crippen LogP contribution in [-0.2, 0) is 0 Å². The molecule has 0 saturated heterocycles. The molecular weight excluding hydrogens is 384 g/mol. The predicted octanol–water partition coefficient (Wildman–Crippen LogP) is 5.22. The van der Waals surface area contributed by atoms with Crippen LogP contribution in [0.15, 0.2) is 37.6 Å². The van der Waals surface area contributed by atoms with Crippen molar-refractivity contribution >= 4 is 48.6 Å². The Morgan fingerprint density at radius 2 is 1.85 bits per heavy atom. The molecule has 102 valence electrons. The van der Waals surface area contributed by atoms with E-state index >= 15 is 0 Å². The van der Waals surface area contributed by atoms with Crippen molar-refractivity contribution in [2.75, 3.05) is 5.73 Å². The molecule has 1 aromatic heterocycles. The van der Waals surface area contributed by atoms with E-state index in [2.05, 4.69) is 42.9 Å². The average Bonchev–Trinajstić information content (AvgIpc) is 2.77. The van der Waals surface area contributed by atoms with E-state index < -0.39 is 0 Å². The van der Waals surface area contributed by atoms with E-state index in [-0.39, 0.29) is 0 Å². The van der Waals surface area contributed by atoms with Gasteiger partial charge in [0.05, 0.1) is 11.3 Å². The van der Waals surface area contributed by atoms with Crippen molar-refractivity contribution in [1.82, 2.24) is 4.98 Å². The maximum atomic E-state index is 6.11. The number of oxazole rings is 1. The molecule has 1 heterocycles. The fourth-order valence-corrected chi connectivity index (χ4v) is 3.48. The molecule has 20 heavy (non-hydrogen) atoms. The summed E-state index contributed by atoms with van der Waals surface area (Å²) in [6, 6.07) is 7.90. The van der Waals surface area contributed by atoms with E-state index in [0.717, 1.165) is 31.2 Å². The topological polar surface area (TPSA) is 52.0 Å². The first-order valence-electron chi connectivity index (χ1n) is 6.08. The van der Waals surface area contributed by atoms with Gasteiger partial charge in [0.2, 0.25) is 5.89 Å². The minimum Gasteiger partial charge on any atom is -0.436 e. The van der Waals surface area contributed by atoms with Gasteiger partial charge in [-0.25, -0.2) is 4.98 Å². The molecule has 2 N–H and O–H groups in total. The zero-order valence-electron chi connectivity index (χ0n) is 11.0. The second-order valence-electron chi connectivity index (χ2n) is 4.80. The number of hydrogen-bond donors (Lipinski definition) is 1. The van der Waals surface area contributed by atoms with E-state index in [9.17, 15) is 0 Å². The van der Waals surface area contributed by atoms with Crippen molar-refractivity contribution in [2.24, 2.45) is 0 Å². The van der Waals surface area contributed by atoms with Crippen LogP contribution in [0.5, 0.6) is 0 Å². The number of anilines is 1. The monoisotopic (exact) mass is 394 g/mol. The van der Waals surface area contributed by atoms with Gasteiger partial charge in [-0.15, -0.1) is 0 Å². The molecule has 0 atom stereocenters. The summed E-state index contributed by atoms with van der Waals surface area (Å²) < 4.78 is 7.63. The lowest BCUT2D eigenvalue weighted by molar-refractivity contribution is 0.617. The second-order valence-corrected chi connectivity index (χ2v) is 6.57. The Kier molecular flexibility index (Phi) is 3.34. The second kappa shape index (κ2) is 4.90. The van der Waals surface area contributed by atoms with Crippen LogP contribution in [0.4, 0.5) is 5.69 Å². The van der Waals surface area contributed by atoms with Crippen molar-refractivity contribution in [3.05, 3.63) is 44.3 Å². The molecule has 0 amide bonds. The van der Waals surface area contributed by atoms with Gasteiger partial charge in [-0.2, -0.15) is 0 Å². The molecule has 3 aromatic rings. The lowest BCUT2D eigenvalue weighted by Crippen LogP contribution is -1.92. The standard InChI is InChI=1S/C15H12Br2N2O/c1-7-3-8(2)14-12(4-7)19-15(20-14)10-5-9(16)6-11(17)13(10)18/h3-6H,18H2,1-2H3. The zero-order chi connectivity index (χ0) is 14.4. The van der Waals surface area contributed by atoms with Gasteiger partial charge in [0.15, 0.2) is 5.58 Å². The summed E-state index contributed by atoms with van der Waals surface area (Å²) in [5.41, 5.74) is 11.4. The summed E-state index contributed by atoms with van der Waals surface area (Å²) in [5.74, 6) is 0.535. The molecular formula is C15H12Br2N2O. The van der Waals surface area contributed by atoms with Gasteiger partial charge < -0.3 is 10.2 Å². The Bertz CT molecular complexity index is 824. The maximum Gasteiger partial charge on any atom is 0.229 e. The van der Waals surface area contributed by atoms with Crippen LogP contribution in [0.25, 0.3) is 22.6 Å². The molecule has 3 nitrogen and oxygen atoms in total. The number of fused-ring (bicyclic) bond motifs is 1. The molecule has 0 aliphatic carbocycles. The summed E-state index contributed by atoms with van der Waals surface area (Å²) in [4.78, 5) is 4.56. The fourth-order valence-electron chi connectivity index (χ4n) is 2.25. The smallest absolute Gasteiger partial charge is 0.229 e. The third-order valence-electron chi connectivity index (χ3n) is 3.14. The Labute approximate surface area is 133 Å². The van der Waals surface area contributed by atoms with Crippen LogP contribution >= 0.6 is 31.9 Å². The Morgan fingerprint density at radius 3 is 2.60 bits per heavy atom. The molecule has 0 aliphatic rings. The molecule has 0 saturated carbocycles. The third kappa shape index (κ3) is 2.25. The summed E-state index contributed by atoms with van der Waals surface area (Å²) in [6.45, 7) is 4.06. The number of nitrogen functional groups attached to an aromatic ring is 1. The van der Waals surface area contributed by atoms with Gasteiger partial charge in [-0.3, -0.25) is 0 Å². The number of nitrogens with zero attached hydrogens (tertiary/aromatic N) is 1. The number of rotatable bonds is 1. The zero-order valence-corrected chi connectivity index (χ0v) is 14.2. The van der Waals surface area contributed by atoms with E-state index in [4.69, 9.17) is 10.2 Å². The van der Waals surface area contributed by atoms with E-state index in [1.165, 1.54) is 5.56 Å². The largest absolute Gasteiger partial charge is 0.436 e. The molecule has 0 aliphatic heterocycles.